The van der Waals surface area contributed by atoms with Crippen LogP contribution in [0.3, 0.4) is 0 Å². The van der Waals surface area contributed by atoms with Crippen LogP contribution in [0, 0.1) is 0 Å². The van der Waals surface area contributed by atoms with Crippen molar-refractivity contribution in [1.82, 2.24) is 3.71 Å². The van der Waals surface area contributed by atoms with E-state index in [2.05, 4.69) is 27.0 Å². The van der Waals surface area contributed by atoms with Crippen LogP contribution in [-0.4, -0.2) is 9.75 Å². The quantitative estimate of drug-likeness (QED) is 0.431. The minimum atomic E-state index is 0.689. The Labute approximate surface area is 86.9 Å². The molecule has 1 nitrogen and oxygen atoms in total. The zero-order chi connectivity index (χ0) is 8.10. The molecule has 0 N–H and O–H groups in total. The molecule has 5 heteroatoms. The van der Waals surface area contributed by atoms with E-state index in [0.29, 0.717) is 6.04 Å². The van der Waals surface area contributed by atoms with E-state index in [-0.39, 0.29) is 0 Å². The Balaban J connectivity index is 2.30. The minimum absolute atomic E-state index is 0.689. The van der Waals surface area contributed by atoms with Gasteiger partial charge in [-0.2, -0.15) is 3.71 Å². The molecule has 0 aromatic carbocycles. The van der Waals surface area contributed by atoms with Gasteiger partial charge in [0, 0.05) is 6.04 Å². The van der Waals surface area contributed by atoms with E-state index in [9.17, 15) is 0 Å². The zero-order valence-electron chi connectivity index (χ0n) is 6.27. The second-order valence-corrected chi connectivity index (χ2v) is 5.06. The molecule has 0 aromatic heterocycles. The van der Waals surface area contributed by atoms with Gasteiger partial charge in [-0.25, -0.2) is 0 Å². The Morgan fingerprint density at radius 3 is 2.00 bits per heavy atom. The van der Waals surface area contributed by atoms with Crippen LogP contribution in [0.2, 0.25) is 0 Å². The first-order chi connectivity index (χ1) is 5.38. The number of thiol groups is 2. The lowest BCUT2D eigenvalue weighted by Crippen LogP contribution is -2.24. The van der Waals surface area contributed by atoms with Crippen molar-refractivity contribution in [3.63, 3.8) is 0 Å². The van der Waals surface area contributed by atoms with Gasteiger partial charge >= 0.3 is 0 Å². The molecular weight excluding hydrogens is 214 g/mol. The highest BCUT2D eigenvalue weighted by Crippen LogP contribution is 2.35. The van der Waals surface area contributed by atoms with E-state index in [1.54, 1.807) is 0 Å². The van der Waals surface area contributed by atoms with E-state index in [0.717, 1.165) is 0 Å². The van der Waals surface area contributed by atoms with Crippen LogP contribution < -0.4 is 0 Å². The smallest absolute Gasteiger partial charge is 0.0331 e. The highest BCUT2D eigenvalue weighted by Gasteiger charge is 2.20. The highest BCUT2D eigenvalue weighted by atomic mass is 33.1. The number of rotatable bonds is 3. The summed E-state index contributed by atoms with van der Waals surface area (Å²) in [5.41, 5.74) is 0. The lowest BCUT2D eigenvalue weighted by atomic mass is 9.96. The largest absolute Gasteiger partial charge is 0.173 e. The van der Waals surface area contributed by atoms with Crippen molar-refractivity contribution in [1.29, 1.82) is 0 Å². The van der Waals surface area contributed by atoms with Crippen molar-refractivity contribution in [2.45, 2.75) is 38.1 Å². The summed E-state index contributed by atoms with van der Waals surface area (Å²) >= 11 is 8.36. The average Bonchev–Trinajstić information content (AvgIpc) is 2.09. The monoisotopic (exact) mass is 227 g/mol. The topological polar surface area (TPSA) is 3.24 Å². The molecule has 0 spiro atoms. The summed E-state index contributed by atoms with van der Waals surface area (Å²) < 4.78 is 2.17. The van der Waals surface area contributed by atoms with Gasteiger partial charge in [0.2, 0.25) is 0 Å². The maximum atomic E-state index is 4.18. The number of hydrogen-bond donors (Lipinski definition) is 2. The van der Waals surface area contributed by atoms with Crippen LogP contribution in [0.1, 0.15) is 32.1 Å². The number of nitrogens with zero attached hydrogens (tertiary/aromatic N) is 1. The molecule has 0 heterocycles. The van der Waals surface area contributed by atoms with Crippen LogP contribution in [0.5, 0.6) is 0 Å². The summed E-state index contributed by atoms with van der Waals surface area (Å²) in [5.74, 6) is 0. The van der Waals surface area contributed by atoms with Gasteiger partial charge in [0.1, 0.15) is 0 Å². The SMILES string of the molecule is SSN(SS)C1CCCCC1. The van der Waals surface area contributed by atoms with Crippen LogP contribution in [0.4, 0.5) is 0 Å². The van der Waals surface area contributed by atoms with E-state index in [4.69, 9.17) is 0 Å². The molecule has 0 aliphatic heterocycles. The molecule has 1 aliphatic carbocycles. The van der Waals surface area contributed by atoms with Crippen molar-refractivity contribution in [2.75, 3.05) is 0 Å². The first-order valence-electron chi connectivity index (χ1n) is 3.80. The molecule has 1 aliphatic rings. The van der Waals surface area contributed by atoms with Crippen molar-refractivity contribution < 1.29 is 0 Å². The molecule has 66 valence electrons. The van der Waals surface area contributed by atoms with Crippen LogP contribution in [0.15, 0.2) is 0 Å². The van der Waals surface area contributed by atoms with Crippen molar-refractivity contribution >= 4 is 45.3 Å². The lowest BCUT2D eigenvalue weighted by Gasteiger charge is -2.28. The van der Waals surface area contributed by atoms with Gasteiger partial charge in [0.15, 0.2) is 0 Å². The first kappa shape index (κ1) is 10.4. The van der Waals surface area contributed by atoms with E-state index in [1.165, 1.54) is 54.1 Å². The average molecular weight is 227 g/mol. The third-order valence-electron chi connectivity index (χ3n) is 2.03. The van der Waals surface area contributed by atoms with Gasteiger partial charge in [-0.3, -0.25) is 0 Å². The van der Waals surface area contributed by atoms with Crippen LogP contribution in [0.25, 0.3) is 0 Å². The summed E-state index contributed by atoms with van der Waals surface area (Å²) in [6, 6.07) is 0.689. The lowest BCUT2D eigenvalue weighted by molar-refractivity contribution is 0.365. The molecule has 0 atom stereocenters. The normalized spacial score (nSPS) is 21.0. The summed E-state index contributed by atoms with van der Waals surface area (Å²) in [6.07, 6.45) is 6.74. The molecular formula is C6H13NS4. The second-order valence-electron chi connectivity index (χ2n) is 2.74. The van der Waals surface area contributed by atoms with Crippen molar-refractivity contribution in [3.8, 4) is 0 Å². The molecule has 1 rings (SSSR count). The summed E-state index contributed by atoms with van der Waals surface area (Å²) in [4.78, 5) is 0. The van der Waals surface area contributed by atoms with E-state index in [1.807, 2.05) is 0 Å². The fourth-order valence-corrected chi connectivity index (χ4v) is 4.12. The molecule has 0 bridgehead atoms. The van der Waals surface area contributed by atoms with Gasteiger partial charge in [-0.15, -0.1) is 0 Å². The number of hydrogen-bond acceptors (Lipinski definition) is 5. The molecule has 0 unspecified atom stereocenters. The maximum Gasteiger partial charge on any atom is 0.0331 e. The Kier molecular flexibility index (Phi) is 5.61. The molecule has 11 heavy (non-hydrogen) atoms. The Morgan fingerprint density at radius 1 is 1.00 bits per heavy atom. The van der Waals surface area contributed by atoms with E-state index < -0.39 is 0 Å². The summed E-state index contributed by atoms with van der Waals surface area (Å²) in [7, 11) is 2.98. The zero-order valence-corrected chi connectivity index (χ0v) is 9.69. The highest BCUT2D eigenvalue weighted by molar-refractivity contribution is 8.75. The molecule has 0 radical (unpaired) electrons. The molecule has 0 aromatic rings. The summed E-state index contributed by atoms with van der Waals surface area (Å²) in [5, 5.41) is 0. The Hall–Kier alpha value is 1.36. The Morgan fingerprint density at radius 2 is 1.55 bits per heavy atom. The van der Waals surface area contributed by atoms with E-state index >= 15 is 0 Å². The second kappa shape index (κ2) is 5.91. The van der Waals surface area contributed by atoms with Gasteiger partial charge in [0.05, 0.1) is 0 Å². The molecule has 0 amide bonds. The Bertz CT molecular complexity index is 101. The maximum absolute atomic E-state index is 4.18. The third kappa shape index (κ3) is 3.30. The van der Waals surface area contributed by atoms with Gasteiger partial charge in [0.25, 0.3) is 0 Å². The van der Waals surface area contributed by atoms with Crippen LogP contribution in [-0.2, 0) is 0 Å². The fourth-order valence-electron chi connectivity index (χ4n) is 1.44. The third-order valence-corrected chi connectivity index (χ3v) is 5.12. The predicted molar refractivity (Wildman–Crippen MR) is 61.9 cm³/mol. The predicted octanol–water partition coefficient (Wildman–Crippen LogP) is 3.61. The van der Waals surface area contributed by atoms with Crippen LogP contribution >= 0.6 is 45.3 Å². The molecule has 1 fully saturated rings. The standard InChI is InChI=1S/C6H13NS4/c8-10-7(11-9)6-4-2-1-3-5-6/h6,8-9H,1-5H2. The molecule has 0 saturated heterocycles. The van der Waals surface area contributed by atoms with Crippen molar-refractivity contribution in [3.05, 3.63) is 0 Å². The van der Waals surface area contributed by atoms with Gasteiger partial charge in [-0.1, -0.05) is 42.6 Å². The molecule has 1 saturated carbocycles. The van der Waals surface area contributed by atoms with Crippen molar-refractivity contribution in [2.24, 2.45) is 0 Å². The minimum Gasteiger partial charge on any atom is -0.173 e. The first-order valence-corrected chi connectivity index (χ1v) is 7.46. The van der Waals surface area contributed by atoms with Gasteiger partial charge < -0.3 is 0 Å². The summed E-state index contributed by atoms with van der Waals surface area (Å²) in [6.45, 7) is 0. The van der Waals surface area contributed by atoms with Gasteiger partial charge in [-0.05, 0) is 34.8 Å². The fraction of sp³-hybridized carbons (Fsp3) is 1.00.